The largest absolute Gasteiger partial charge is 0.493 e. The van der Waals surface area contributed by atoms with Crippen LogP contribution in [0, 0.1) is 0 Å². The number of likely N-dealkylation sites (N-methyl/N-ethyl adjacent to an activating group) is 1. The number of hydrogen-bond donors (Lipinski definition) is 0. The first-order valence-corrected chi connectivity index (χ1v) is 10.1. The minimum atomic E-state index is -0.221. The first-order chi connectivity index (χ1) is 13.6. The van der Waals surface area contributed by atoms with Crippen LogP contribution >= 0.6 is 0 Å². The van der Waals surface area contributed by atoms with Crippen LogP contribution in [-0.2, 0) is 16.1 Å². The summed E-state index contributed by atoms with van der Waals surface area (Å²) in [6, 6.07) is 6.04. The third-order valence-electron chi connectivity index (χ3n) is 5.35. The summed E-state index contributed by atoms with van der Waals surface area (Å²) in [6.45, 7) is 6.17. The quantitative estimate of drug-likeness (QED) is 0.669. The van der Waals surface area contributed by atoms with Gasteiger partial charge in [-0.3, -0.25) is 9.69 Å². The number of ether oxygens (including phenoxy) is 3. The standard InChI is InChI=1S/C21H33N3O4/c1-22(2)13-15-28-20-17(6-4-7-18(20)26-3)16-23-9-11-24(12-10-23)21(25)19-8-5-14-27-19/h4,6-7,19H,5,8-16H2,1-3H3/t19-/m0/s1. The van der Waals surface area contributed by atoms with Crippen molar-refractivity contribution >= 4 is 5.91 Å². The molecule has 156 valence electrons. The Hall–Kier alpha value is -1.83. The van der Waals surface area contributed by atoms with Crippen LogP contribution in [0.15, 0.2) is 18.2 Å². The monoisotopic (exact) mass is 391 g/mol. The van der Waals surface area contributed by atoms with Crippen molar-refractivity contribution in [3.05, 3.63) is 23.8 Å². The molecule has 2 heterocycles. The van der Waals surface area contributed by atoms with Crippen LogP contribution in [0.1, 0.15) is 18.4 Å². The van der Waals surface area contributed by atoms with Gasteiger partial charge in [0, 0.05) is 51.4 Å². The fraction of sp³-hybridized carbons (Fsp3) is 0.667. The van der Waals surface area contributed by atoms with Crippen LogP contribution < -0.4 is 9.47 Å². The number of carbonyl (C=O) groups excluding carboxylic acids is 1. The van der Waals surface area contributed by atoms with Gasteiger partial charge in [0.25, 0.3) is 5.91 Å². The summed E-state index contributed by atoms with van der Waals surface area (Å²) in [5.74, 6) is 1.75. The molecule has 2 aliphatic heterocycles. The van der Waals surface area contributed by atoms with Crippen LogP contribution in [0.3, 0.4) is 0 Å². The second-order valence-electron chi connectivity index (χ2n) is 7.70. The van der Waals surface area contributed by atoms with Gasteiger partial charge in [-0.1, -0.05) is 12.1 Å². The van der Waals surface area contributed by atoms with Gasteiger partial charge >= 0.3 is 0 Å². The minimum absolute atomic E-state index is 0.159. The maximum Gasteiger partial charge on any atom is 0.251 e. The van der Waals surface area contributed by atoms with Gasteiger partial charge in [0.1, 0.15) is 12.7 Å². The van der Waals surface area contributed by atoms with Crippen molar-refractivity contribution < 1.29 is 19.0 Å². The Kier molecular flexibility index (Phi) is 7.53. The summed E-state index contributed by atoms with van der Waals surface area (Å²) < 4.78 is 17.1. The Morgan fingerprint density at radius 2 is 2.04 bits per heavy atom. The van der Waals surface area contributed by atoms with Crippen molar-refractivity contribution in [2.45, 2.75) is 25.5 Å². The lowest BCUT2D eigenvalue weighted by Crippen LogP contribution is -2.51. The highest BCUT2D eigenvalue weighted by atomic mass is 16.5. The number of hydrogen-bond acceptors (Lipinski definition) is 6. The lowest BCUT2D eigenvalue weighted by molar-refractivity contribution is -0.142. The highest BCUT2D eigenvalue weighted by molar-refractivity contribution is 5.81. The average molecular weight is 392 g/mol. The van der Waals surface area contributed by atoms with Gasteiger partial charge in [-0.2, -0.15) is 0 Å². The molecule has 0 saturated carbocycles. The molecular weight excluding hydrogens is 358 g/mol. The molecule has 2 fully saturated rings. The van der Waals surface area contributed by atoms with Gasteiger partial charge in [0.15, 0.2) is 11.5 Å². The normalized spacial score (nSPS) is 20.6. The summed E-state index contributed by atoms with van der Waals surface area (Å²) in [5.41, 5.74) is 1.12. The fourth-order valence-electron chi connectivity index (χ4n) is 3.68. The molecule has 1 aromatic carbocycles. The van der Waals surface area contributed by atoms with Crippen molar-refractivity contribution in [2.24, 2.45) is 0 Å². The highest BCUT2D eigenvalue weighted by Crippen LogP contribution is 2.32. The number of rotatable bonds is 8. The van der Waals surface area contributed by atoms with Gasteiger partial charge in [-0.25, -0.2) is 0 Å². The van der Waals surface area contributed by atoms with Gasteiger partial charge in [-0.15, -0.1) is 0 Å². The van der Waals surface area contributed by atoms with Crippen LogP contribution in [0.4, 0.5) is 0 Å². The molecule has 0 aromatic heterocycles. The molecule has 1 atom stereocenters. The van der Waals surface area contributed by atoms with Gasteiger partial charge in [0.05, 0.1) is 7.11 Å². The topological polar surface area (TPSA) is 54.5 Å². The van der Waals surface area contributed by atoms with Crippen LogP contribution in [-0.4, -0.2) is 93.9 Å². The predicted octanol–water partition coefficient (Wildman–Crippen LogP) is 1.46. The van der Waals surface area contributed by atoms with E-state index < -0.39 is 0 Å². The van der Waals surface area contributed by atoms with Crippen molar-refractivity contribution in [3.8, 4) is 11.5 Å². The zero-order valence-electron chi connectivity index (χ0n) is 17.4. The number of benzene rings is 1. The van der Waals surface area contributed by atoms with E-state index in [9.17, 15) is 4.79 Å². The number of para-hydroxylation sites is 1. The van der Waals surface area contributed by atoms with Crippen LogP contribution in [0.5, 0.6) is 11.5 Å². The van der Waals surface area contributed by atoms with E-state index in [4.69, 9.17) is 14.2 Å². The Morgan fingerprint density at radius 1 is 1.25 bits per heavy atom. The van der Waals surface area contributed by atoms with E-state index in [0.29, 0.717) is 13.2 Å². The molecule has 7 heteroatoms. The second-order valence-corrected chi connectivity index (χ2v) is 7.70. The number of piperazine rings is 1. The predicted molar refractivity (Wildman–Crippen MR) is 108 cm³/mol. The maximum atomic E-state index is 12.5. The van der Waals surface area contributed by atoms with Crippen molar-refractivity contribution in [2.75, 3.05) is 67.1 Å². The molecule has 0 aliphatic carbocycles. The SMILES string of the molecule is COc1cccc(CN2CCN(C(=O)[C@@H]3CCCO3)CC2)c1OCCN(C)C. The van der Waals surface area contributed by atoms with Gasteiger partial charge in [-0.05, 0) is 33.0 Å². The van der Waals surface area contributed by atoms with E-state index in [-0.39, 0.29) is 12.0 Å². The molecule has 3 rings (SSSR count). The van der Waals surface area contributed by atoms with Crippen LogP contribution in [0.2, 0.25) is 0 Å². The molecule has 28 heavy (non-hydrogen) atoms. The molecule has 7 nitrogen and oxygen atoms in total. The molecule has 0 N–H and O–H groups in total. The van der Waals surface area contributed by atoms with E-state index in [1.54, 1.807) is 7.11 Å². The number of amides is 1. The summed E-state index contributed by atoms with van der Waals surface area (Å²) >= 11 is 0. The number of methoxy groups -OCH3 is 1. The Bertz CT molecular complexity index is 639. The smallest absolute Gasteiger partial charge is 0.251 e. The van der Waals surface area contributed by atoms with E-state index in [1.807, 2.05) is 31.1 Å². The molecule has 1 amide bonds. The van der Waals surface area contributed by atoms with E-state index in [2.05, 4.69) is 15.9 Å². The van der Waals surface area contributed by atoms with E-state index in [0.717, 1.165) is 69.2 Å². The lowest BCUT2D eigenvalue weighted by atomic mass is 10.1. The Labute approximate surface area is 168 Å². The third-order valence-corrected chi connectivity index (χ3v) is 5.35. The van der Waals surface area contributed by atoms with E-state index in [1.165, 1.54) is 0 Å². The molecule has 2 saturated heterocycles. The Balaban J connectivity index is 1.57. The van der Waals surface area contributed by atoms with Crippen molar-refractivity contribution in [1.29, 1.82) is 0 Å². The molecule has 1 aromatic rings. The first-order valence-electron chi connectivity index (χ1n) is 10.1. The zero-order valence-corrected chi connectivity index (χ0v) is 17.4. The maximum absolute atomic E-state index is 12.5. The third kappa shape index (κ3) is 5.37. The number of nitrogens with zero attached hydrogens (tertiary/aromatic N) is 3. The minimum Gasteiger partial charge on any atom is -0.493 e. The summed E-state index contributed by atoms with van der Waals surface area (Å²) in [7, 11) is 5.74. The highest BCUT2D eigenvalue weighted by Gasteiger charge is 2.30. The molecule has 0 radical (unpaired) electrons. The Morgan fingerprint density at radius 3 is 2.68 bits per heavy atom. The first kappa shape index (κ1) is 20.9. The van der Waals surface area contributed by atoms with Gasteiger partial charge < -0.3 is 24.0 Å². The summed E-state index contributed by atoms with van der Waals surface area (Å²) in [6.07, 6.45) is 1.63. The molecular formula is C21H33N3O4. The van der Waals surface area contributed by atoms with Crippen molar-refractivity contribution in [1.82, 2.24) is 14.7 Å². The number of carbonyl (C=O) groups is 1. The van der Waals surface area contributed by atoms with Gasteiger partial charge in [0.2, 0.25) is 0 Å². The zero-order chi connectivity index (χ0) is 19.9. The van der Waals surface area contributed by atoms with E-state index >= 15 is 0 Å². The molecule has 0 spiro atoms. The second kappa shape index (κ2) is 10.1. The lowest BCUT2D eigenvalue weighted by Gasteiger charge is -2.36. The van der Waals surface area contributed by atoms with Crippen molar-refractivity contribution in [3.63, 3.8) is 0 Å². The summed E-state index contributed by atoms with van der Waals surface area (Å²) in [4.78, 5) is 18.9. The summed E-state index contributed by atoms with van der Waals surface area (Å²) in [5, 5.41) is 0. The molecule has 0 bridgehead atoms. The average Bonchev–Trinajstić information content (AvgIpc) is 3.23. The fourth-order valence-corrected chi connectivity index (χ4v) is 3.68. The van der Waals surface area contributed by atoms with Crippen LogP contribution in [0.25, 0.3) is 0 Å². The molecule has 2 aliphatic rings. The molecule has 0 unspecified atom stereocenters.